The molecule has 0 aliphatic rings. The predicted octanol–water partition coefficient (Wildman–Crippen LogP) is 6.98. The van der Waals surface area contributed by atoms with Crippen LogP contribution in [0.15, 0.2) is 36.4 Å². The first-order valence-corrected chi connectivity index (χ1v) is 7.93. The summed E-state index contributed by atoms with van der Waals surface area (Å²) in [5.74, 6) is 0. The van der Waals surface area contributed by atoms with Crippen LogP contribution in [0.4, 0.5) is 0 Å². The van der Waals surface area contributed by atoms with Crippen molar-refractivity contribution in [3.63, 3.8) is 0 Å². The van der Waals surface area contributed by atoms with Crippen LogP contribution in [0, 0.1) is 0 Å². The predicted molar refractivity (Wildman–Crippen MR) is 88.3 cm³/mol. The van der Waals surface area contributed by atoms with E-state index in [0.717, 1.165) is 17.5 Å². The molecule has 0 spiro atoms. The van der Waals surface area contributed by atoms with E-state index >= 15 is 0 Å². The van der Waals surface area contributed by atoms with E-state index in [4.69, 9.17) is 46.4 Å². The van der Waals surface area contributed by atoms with Gasteiger partial charge in [0.2, 0.25) is 0 Å². The number of hydrogen-bond donors (Lipinski definition) is 0. The van der Waals surface area contributed by atoms with Crippen LogP contribution in [0.2, 0.25) is 20.1 Å². The highest BCUT2D eigenvalue weighted by molar-refractivity contribution is 9.09. The first-order chi connectivity index (χ1) is 8.97. The van der Waals surface area contributed by atoms with Gasteiger partial charge in [-0.2, -0.15) is 0 Å². The second kappa shape index (κ2) is 6.69. The summed E-state index contributed by atoms with van der Waals surface area (Å²) >= 11 is 27.7. The molecule has 0 saturated heterocycles. The van der Waals surface area contributed by atoms with Gasteiger partial charge < -0.3 is 0 Å². The number of rotatable bonds is 3. The van der Waals surface area contributed by atoms with E-state index in [0.29, 0.717) is 20.1 Å². The lowest BCUT2D eigenvalue weighted by molar-refractivity contribution is 0.949. The number of hydrogen-bond acceptors (Lipinski definition) is 0. The summed E-state index contributed by atoms with van der Waals surface area (Å²) in [7, 11) is 0. The van der Waals surface area contributed by atoms with E-state index in [2.05, 4.69) is 15.9 Å². The molecule has 0 bridgehead atoms. The van der Waals surface area contributed by atoms with Crippen molar-refractivity contribution in [2.75, 3.05) is 0 Å². The average molecular weight is 399 g/mol. The molecule has 5 heteroatoms. The fourth-order valence-electron chi connectivity index (χ4n) is 1.74. The van der Waals surface area contributed by atoms with Gasteiger partial charge in [-0.15, -0.1) is 0 Å². The fraction of sp³-hybridized carbons (Fsp3) is 0.143. The highest BCUT2D eigenvalue weighted by atomic mass is 79.9. The second-order valence-electron chi connectivity index (χ2n) is 4.09. The average Bonchev–Trinajstić information content (AvgIpc) is 2.36. The first kappa shape index (κ1) is 15.5. The molecule has 0 aliphatic heterocycles. The van der Waals surface area contributed by atoms with Crippen molar-refractivity contribution in [3.8, 4) is 0 Å². The van der Waals surface area contributed by atoms with Gasteiger partial charge in [0.1, 0.15) is 0 Å². The van der Waals surface area contributed by atoms with E-state index in [9.17, 15) is 0 Å². The molecule has 100 valence electrons. The summed E-state index contributed by atoms with van der Waals surface area (Å²) < 4.78 is 0. The van der Waals surface area contributed by atoms with Gasteiger partial charge in [-0.1, -0.05) is 68.4 Å². The molecule has 2 aromatic carbocycles. The fourth-order valence-corrected chi connectivity index (χ4v) is 3.37. The van der Waals surface area contributed by atoms with Crippen LogP contribution in [0.5, 0.6) is 0 Å². The molecule has 19 heavy (non-hydrogen) atoms. The normalized spacial score (nSPS) is 12.5. The largest absolute Gasteiger partial charge is 0.0843 e. The van der Waals surface area contributed by atoms with E-state index in [1.807, 2.05) is 18.2 Å². The van der Waals surface area contributed by atoms with Crippen LogP contribution in [0.1, 0.15) is 16.0 Å². The minimum atomic E-state index is 0.0657. The third kappa shape index (κ3) is 4.03. The van der Waals surface area contributed by atoms with Gasteiger partial charge in [-0.3, -0.25) is 0 Å². The number of halogens is 5. The molecule has 0 aliphatic carbocycles. The Labute approximate surface area is 140 Å². The van der Waals surface area contributed by atoms with Crippen molar-refractivity contribution in [1.29, 1.82) is 0 Å². The molecular weight excluding hydrogens is 390 g/mol. The Morgan fingerprint density at radius 1 is 0.842 bits per heavy atom. The highest BCUT2D eigenvalue weighted by Crippen LogP contribution is 2.35. The SMILES string of the molecule is Clc1ccc(Cl)c(C(Br)Cc2ccc(Cl)c(Cl)c2)c1. The zero-order valence-corrected chi connectivity index (χ0v) is 14.2. The van der Waals surface area contributed by atoms with E-state index in [1.165, 1.54) is 0 Å². The minimum Gasteiger partial charge on any atom is -0.0843 e. The molecule has 0 radical (unpaired) electrons. The standard InChI is InChI=1S/C14H9BrCl4/c15-11(10-7-9(16)2-4-12(10)17)5-8-1-3-13(18)14(19)6-8/h1-4,6-7,11H,5H2. The zero-order valence-electron chi connectivity index (χ0n) is 9.64. The lowest BCUT2D eigenvalue weighted by Gasteiger charge is -2.13. The lowest BCUT2D eigenvalue weighted by atomic mass is 10.0. The van der Waals surface area contributed by atoms with Crippen LogP contribution in [-0.2, 0) is 6.42 Å². The third-order valence-corrected chi connectivity index (χ3v) is 4.83. The van der Waals surface area contributed by atoms with Gasteiger partial charge in [0.05, 0.1) is 10.0 Å². The Balaban J connectivity index is 2.22. The maximum atomic E-state index is 6.18. The van der Waals surface area contributed by atoms with Crippen molar-refractivity contribution in [2.45, 2.75) is 11.2 Å². The Bertz CT molecular complexity index is 598. The van der Waals surface area contributed by atoms with Crippen LogP contribution in [-0.4, -0.2) is 0 Å². The summed E-state index contributed by atoms with van der Waals surface area (Å²) in [5, 5.41) is 2.46. The second-order valence-corrected chi connectivity index (χ2v) is 6.85. The first-order valence-electron chi connectivity index (χ1n) is 5.50. The van der Waals surface area contributed by atoms with E-state index < -0.39 is 0 Å². The van der Waals surface area contributed by atoms with E-state index in [-0.39, 0.29) is 4.83 Å². The summed E-state index contributed by atoms with van der Waals surface area (Å²) in [6, 6.07) is 11.0. The zero-order chi connectivity index (χ0) is 14.0. The van der Waals surface area contributed by atoms with Crippen LogP contribution >= 0.6 is 62.3 Å². The summed E-state index contributed by atoms with van der Waals surface area (Å²) in [6.07, 6.45) is 0.747. The minimum absolute atomic E-state index is 0.0657. The summed E-state index contributed by atoms with van der Waals surface area (Å²) in [4.78, 5) is 0.0657. The molecule has 0 heterocycles. The third-order valence-electron chi connectivity index (χ3n) is 2.69. The topological polar surface area (TPSA) is 0 Å². The highest BCUT2D eigenvalue weighted by Gasteiger charge is 2.13. The molecule has 2 aromatic rings. The van der Waals surface area contributed by atoms with Crippen molar-refractivity contribution in [2.24, 2.45) is 0 Å². The van der Waals surface area contributed by atoms with Crippen molar-refractivity contribution in [3.05, 3.63) is 67.6 Å². The number of benzene rings is 2. The van der Waals surface area contributed by atoms with Gasteiger partial charge in [0, 0.05) is 14.9 Å². The van der Waals surface area contributed by atoms with Gasteiger partial charge in [0.15, 0.2) is 0 Å². The molecule has 0 fully saturated rings. The molecule has 2 rings (SSSR count). The molecule has 0 saturated carbocycles. The maximum Gasteiger partial charge on any atom is 0.0595 e. The summed E-state index contributed by atoms with van der Waals surface area (Å²) in [6.45, 7) is 0. The lowest BCUT2D eigenvalue weighted by Crippen LogP contribution is -1.96. The molecule has 0 nitrogen and oxygen atoms in total. The van der Waals surface area contributed by atoms with Crippen LogP contribution < -0.4 is 0 Å². The Hall–Kier alpha value is 0.0800. The molecular formula is C14H9BrCl4. The quantitative estimate of drug-likeness (QED) is 0.489. The van der Waals surface area contributed by atoms with Crippen LogP contribution in [0.3, 0.4) is 0 Å². The smallest absolute Gasteiger partial charge is 0.0595 e. The Kier molecular flexibility index (Phi) is 5.45. The van der Waals surface area contributed by atoms with Gasteiger partial charge in [-0.25, -0.2) is 0 Å². The van der Waals surface area contributed by atoms with Gasteiger partial charge in [-0.05, 0) is 47.9 Å². The Morgan fingerprint density at radius 2 is 1.53 bits per heavy atom. The molecule has 0 amide bonds. The molecule has 0 N–H and O–H groups in total. The number of alkyl halides is 1. The van der Waals surface area contributed by atoms with E-state index in [1.54, 1.807) is 18.2 Å². The van der Waals surface area contributed by atoms with Gasteiger partial charge in [0.25, 0.3) is 0 Å². The monoisotopic (exact) mass is 396 g/mol. The maximum absolute atomic E-state index is 6.18. The van der Waals surface area contributed by atoms with Crippen molar-refractivity contribution < 1.29 is 0 Å². The molecule has 1 unspecified atom stereocenters. The van der Waals surface area contributed by atoms with Crippen LogP contribution in [0.25, 0.3) is 0 Å². The van der Waals surface area contributed by atoms with Crippen molar-refractivity contribution >= 4 is 62.3 Å². The summed E-state index contributed by atoms with van der Waals surface area (Å²) in [5.41, 5.74) is 2.03. The molecule has 1 atom stereocenters. The van der Waals surface area contributed by atoms with Gasteiger partial charge >= 0.3 is 0 Å². The Morgan fingerprint density at radius 3 is 2.21 bits per heavy atom. The van der Waals surface area contributed by atoms with Crippen molar-refractivity contribution in [1.82, 2.24) is 0 Å². The molecule has 0 aromatic heterocycles.